The average Bonchev–Trinajstić information content (AvgIpc) is 2.44. The van der Waals surface area contributed by atoms with E-state index in [-0.39, 0.29) is 12.3 Å². The standard InChI is InChI=1S/C16H35NO2/c1-7-11-13(9-3)16(19-6)17-14(10-4)15(18-5)12-8-2/h13-17H,7-12H2,1-6H3. The van der Waals surface area contributed by atoms with Gasteiger partial charge < -0.3 is 9.47 Å². The van der Waals surface area contributed by atoms with Gasteiger partial charge in [-0.1, -0.05) is 40.5 Å². The zero-order valence-electron chi connectivity index (χ0n) is 13.9. The molecular formula is C16H35NO2. The van der Waals surface area contributed by atoms with Crippen LogP contribution in [0.2, 0.25) is 0 Å². The SMILES string of the molecule is CCCC(CC)C(NC(CC)C(CCC)OC)OC. The van der Waals surface area contributed by atoms with Crippen LogP contribution in [0.4, 0.5) is 0 Å². The summed E-state index contributed by atoms with van der Waals surface area (Å²) in [4.78, 5) is 0. The first-order valence-corrected chi connectivity index (χ1v) is 7.99. The van der Waals surface area contributed by atoms with Crippen LogP contribution in [-0.2, 0) is 9.47 Å². The molecular weight excluding hydrogens is 238 g/mol. The van der Waals surface area contributed by atoms with E-state index in [4.69, 9.17) is 9.47 Å². The van der Waals surface area contributed by atoms with E-state index in [0.29, 0.717) is 12.0 Å². The molecule has 0 bridgehead atoms. The summed E-state index contributed by atoms with van der Waals surface area (Å²) in [5.74, 6) is 0.586. The van der Waals surface area contributed by atoms with Crippen LogP contribution >= 0.6 is 0 Å². The molecule has 4 unspecified atom stereocenters. The van der Waals surface area contributed by atoms with Gasteiger partial charge in [0.25, 0.3) is 0 Å². The second kappa shape index (κ2) is 11.7. The van der Waals surface area contributed by atoms with E-state index in [9.17, 15) is 0 Å². The van der Waals surface area contributed by atoms with Gasteiger partial charge in [0, 0.05) is 20.3 Å². The van der Waals surface area contributed by atoms with Crippen molar-refractivity contribution in [2.45, 2.75) is 84.6 Å². The summed E-state index contributed by atoms with van der Waals surface area (Å²) in [6.45, 7) is 8.90. The predicted octanol–water partition coefficient (Wildman–Crippen LogP) is 3.97. The van der Waals surface area contributed by atoms with Crippen molar-refractivity contribution < 1.29 is 9.47 Å². The van der Waals surface area contributed by atoms with Crippen molar-refractivity contribution in [2.24, 2.45) is 5.92 Å². The monoisotopic (exact) mass is 273 g/mol. The van der Waals surface area contributed by atoms with Crippen LogP contribution in [-0.4, -0.2) is 32.6 Å². The van der Waals surface area contributed by atoms with Gasteiger partial charge >= 0.3 is 0 Å². The molecule has 19 heavy (non-hydrogen) atoms. The molecule has 0 aromatic rings. The van der Waals surface area contributed by atoms with Gasteiger partial charge in [0.2, 0.25) is 0 Å². The van der Waals surface area contributed by atoms with Crippen molar-refractivity contribution in [3.63, 3.8) is 0 Å². The Bertz CT molecular complexity index is 179. The molecule has 0 saturated carbocycles. The molecule has 0 amide bonds. The van der Waals surface area contributed by atoms with E-state index in [2.05, 4.69) is 33.0 Å². The Morgan fingerprint density at radius 1 is 0.842 bits per heavy atom. The molecule has 116 valence electrons. The fraction of sp³-hybridized carbons (Fsp3) is 1.00. The van der Waals surface area contributed by atoms with Gasteiger partial charge in [-0.2, -0.15) is 0 Å². The van der Waals surface area contributed by atoms with E-state index in [1.54, 1.807) is 0 Å². The highest BCUT2D eigenvalue weighted by atomic mass is 16.5. The number of hydrogen-bond donors (Lipinski definition) is 1. The van der Waals surface area contributed by atoms with Crippen LogP contribution < -0.4 is 5.32 Å². The van der Waals surface area contributed by atoms with Crippen molar-refractivity contribution in [3.8, 4) is 0 Å². The number of ether oxygens (including phenoxy) is 2. The lowest BCUT2D eigenvalue weighted by atomic mass is 9.96. The van der Waals surface area contributed by atoms with E-state index in [1.165, 1.54) is 12.8 Å². The normalized spacial score (nSPS) is 18.0. The van der Waals surface area contributed by atoms with Crippen LogP contribution in [0.3, 0.4) is 0 Å². The highest BCUT2D eigenvalue weighted by Gasteiger charge is 2.26. The van der Waals surface area contributed by atoms with Gasteiger partial charge in [-0.15, -0.1) is 0 Å². The van der Waals surface area contributed by atoms with Gasteiger partial charge in [0.15, 0.2) is 0 Å². The van der Waals surface area contributed by atoms with Gasteiger partial charge in [-0.3, -0.25) is 5.32 Å². The molecule has 0 aromatic heterocycles. The minimum atomic E-state index is 0.143. The van der Waals surface area contributed by atoms with E-state index in [0.717, 1.165) is 25.7 Å². The molecule has 0 aliphatic carbocycles. The van der Waals surface area contributed by atoms with Gasteiger partial charge in [0.1, 0.15) is 6.23 Å². The van der Waals surface area contributed by atoms with Crippen LogP contribution in [0.1, 0.15) is 66.2 Å². The highest BCUT2D eigenvalue weighted by Crippen LogP contribution is 2.19. The lowest BCUT2D eigenvalue weighted by molar-refractivity contribution is -0.0188. The molecule has 0 aromatic carbocycles. The van der Waals surface area contributed by atoms with Crippen molar-refractivity contribution in [3.05, 3.63) is 0 Å². The lowest BCUT2D eigenvalue weighted by Gasteiger charge is -2.33. The second-order valence-corrected chi connectivity index (χ2v) is 5.36. The Labute approximate surface area is 120 Å². The fourth-order valence-corrected chi connectivity index (χ4v) is 2.80. The lowest BCUT2D eigenvalue weighted by Crippen LogP contribution is -2.49. The summed E-state index contributed by atoms with van der Waals surface area (Å²) >= 11 is 0. The molecule has 0 heterocycles. The van der Waals surface area contributed by atoms with Crippen LogP contribution in [0, 0.1) is 5.92 Å². The zero-order valence-corrected chi connectivity index (χ0v) is 13.9. The van der Waals surface area contributed by atoms with Crippen LogP contribution in [0.25, 0.3) is 0 Å². The third-order valence-corrected chi connectivity index (χ3v) is 4.01. The number of methoxy groups -OCH3 is 2. The molecule has 0 saturated heterocycles. The largest absolute Gasteiger partial charge is 0.380 e. The molecule has 0 radical (unpaired) electrons. The Morgan fingerprint density at radius 2 is 1.47 bits per heavy atom. The number of nitrogens with one attached hydrogen (secondary N) is 1. The summed E-state index contributed by atoms with van der Waals surface area (Å²) in [6.07, 6.45) is 7.32. The van der Waals surface area contributed by atoms with Gasteiger partial charge in [-0.05, 0) is 31.6 Å². The van der Waals surface area contributed by atoms with Gasteiger partial charge in [0.05, 0.1) is 6.10 Å². The maximum absolute atomic E-state index is 5.69. The maximum atomic E-state index is 5.69. The molecule has 0 rings (SSSR count). The quantitative estimate of drug-likeness (QED) is 0.546. The minimum Gasteiger partial charge on any atom is -0.380 e. The smallest absolute Gasteiger partial charge is 0.110 e. The minimum absolute atomic E-state index is 0.143. The maximum Gasteiger partial charge on any atom is 0.110 e. The number of rotatable bonds is 12. The predicted molar refractivity (Wildman–Crippen MR) is 82.4 cm³/mol. The van der Waals surface area contributed by atoms with Crippen LogP contribution in [0.5, 0.6) is 0 Å². The van der Waals surface area contributed by atoms with Crippen molar-refractivity contribution in [1.29, 1.82) is 0 Å². The highest BCUT2D eigenvalue weighted by molar-refractivity contribution is 4.79. The fourth-order valence-electron chi connectivity index (χ4n) is 2.80. The molecule has 1 N–H and O–H groups in total. The number of hydrogen-bond acceptors (Lipinski definition) is 3. The molecule has 3 nitrogen and oxygen atoms in total. The Kier molecular flexibility index (Phi) is 11.6. The summed E-state index contributed by atoms with van der Waals surface area (Å²) in [5, 5.41) is 3.68. The zero-order chi connectivity index (χ0) is 14.7. The van der Waals surface area contributed by atoms with Crippen molar-refractivity contribution in [1.82, 2.24) is 5.32 Å². The third kappa shape index (κ3) is 6.73. The van der Waals surface area contributed by atoms with Crippen molar-refractivity contribution >= 4 is 0 Å². The summed E-state index contributed by atoms with van der Waals surface area (Å²) in [7, 11) is 3.63. The molecule has 0 aliphatic heterocycles. The van der Waals surface area contributed by atoms with E-state index in [1.807, 2.05) is 14.2 Å². The molecule has 3 heteroatoms. The Morgan fingerprint density at radius 3 is 1.84 bits per heavy atom. The molecule has 0 spiro atoms. The first-order valence-electron chi connectivity index (χ1n) is 7.99. The first-order chi connectivity index (χ1) is 9.18. The van der Waals surface area contributed by atoms with E-state index >= 15 is 0 Å². The molecule has 4 atom stereocenters. The topological polar surface area (TPSA) is 30.5 Å². The summed E-state index contributed by atoms with van der Waals surface area (Å²) in [5.41, 5.74) is 0. The van der Waals surface area contributed by atoms with Crippen LogP contribution in [0.15, 0.2) is 0 Å². The van der Waals surface area contributed by atoms with Crippen molar-refractivity contribution in [2.75, 3.05) is 14.2 Å². The van der Waals surface area contributed by atoms with E-state index < -0.39 is 0 Å². The summed E-state index contributed by atoms with van der Waals surface area (Å²) < 4.78 is 11.3. The molecule has 0 aliphatic rings. The summed E-state index contributed by atoms with van der Waals surface area (Å²) in [6, 6.07) is 0.376. The second-order valence-electron chi connectivity index (χ2n) is 5.36. The third-order valence-electron chi connectivity index (χ3n) is 4.01. The Hall–Kier alpha value is -0.120. The molecule has 0 fully saturated rings. The first kappa shape index (κ1) is 18.9. The average molecular weight is 273 g/mol. The Balaban J connectivity index is 4.60. The van der Waals surface area contributed by atoms with Gasteiger partial charge in [-0.25, -0.2) is 0 Å².